The number of carbonyl (C=O) groups excluding carboxylic acids is 1. The maximum Gasteiger partial charge on any atom is 0.328 e. The lowest BCUT2D eigenvalue weighted by Gasteiger charge is -2.33. The van der Waals surface area contributed by atoms with E-state index in [1.165, 1.54) is 12.8 Å². The first-order chi connectivity index (χ1) is 10.2. The predicted molar refractivity (Wildman–Crippen MR) is 80.3 cm³/mol. The Hall–Kier alpha value is -1.36. The number of ether oxygens (including phenoxy) is 1. The molecule has 1 aromatic heterocycles. The Labute approximate surface area is 126 Å². The van der Waals surface area contributed by atoms with Gasteiger partial charge in [0.1, 0.15) is 11.9 Å². The minimum absolute atomic E-state index is 0.124. The molecule has 0 aliphatic carbocycles. The molecule has 5 nitrogen and oxygen atoms in total. The fourth-order valence-corrected chi connectivity index (χ4v) is 3.73. The highest BCUT2D eigenvalue weighted by Crippen LogP contribution is 2.34. The molecule has 0 spiro atoms. The van der Waals surface area contributed by atoms with Crippen molar-refractivity contribution in [3.8, 4) is 0 Å². The van der Waals surface area contributed by atoms with Crippen LogP contribution in [0.1, 0.15) is 56.1 Å². The zero-order valence-corrected chi connectivity index (χ0v) is 13.0. The van der Waals surface area contributed by atoms with E-state index >= 15 is 0 Å². The highest BCUT2D eigenvalue weighted by atomic mass is 16.5. The molecule has 1 saturated heterocycles. The van der Waals surface area contributed by atoms with Crippen molar-refractivity contribution in [2.45, 2.75) is 51.0 Å². The van der Waals surface area contributed by atoms with Crippen molar-refractivity contribution in [2.24, 2.45) is 0 Å². The predicted octanol–water partition coefficient (Wildman–Crippen LogP) is 2.13. The molecule has 1 unspecified atom stereocenters. The molecule has 1 atom stereocenters. The van der Waals surface area contributed by atoms with E-state index in [1.807, 2.05) is 6.20 Å². The fourth-order valence-electron chi connectivity index (χ4n) is 3.73. The Balaban J connectivity index is 1.84. The molecule has 5 heteroatoms. The summed E-state index contributed by atoms with van der Waals surface area (Å²) in [5.74, 6) is 1.46. The van der Waals surface area contributed by atoms with E-state index in [4.69, 9.17) is 4.74 Å². The van der Waals surface area contributed by atoms with Crippen LogP contribution >= 0.6 is 0 Å². The largest absolute Gasteiger partial charge is 0.467 e. The van der Waals surface area contributed by atoms with Crippen molar-refractivity contribution in [3.05, 3.63) is 17.7 Å². The summed E-state index contributed by atoms with van der Waals surface area (Å²) in [6.07, 6.45) is 7.18. The number of hydrogen-bond acceptors (Lipinski definition) is 4. The number of fused-ring (bicyclic) bond motifs is 1. The lowest BCUT2D eigenvalue weighted by molar-refractivity contribution is -0.145. The lowest BCUT2D eigenvalue weighted by atomic mass is 9.94. The molecule has 116 valence electrons. The molecule has 0 amide bonds. The summed E-state index contributed by atoms with van der Waals surface area (Å²) in [5, 5.41) is 0. The smallest absolute Gasteiger partial charge is 0.328 e. The van der Waals surface area contributed by atoms with E-state index in [-0.39, 0.29) is 12.0 Å². The van der Waals surface area contributed by atoms with Crippen molar-refractivity contribution < 1.29 is 9.53 Å². The van der Waals surface area contributed by atoms with Crippen LogP contribution in [0.4, 0.5) is 0 Å². The van der Waals surface area contributed by atoms with Crippen LogP contribution in [0.3, 0.4) is 0 Å². The standard InChI is InChI=1S/C16H25N3O2/c1-3-18-9-7-12(8-10-18)15-17-11-13-5-4-6-14(19(13)15)16(20)21-2/h11-12,14H,3-10H2,1-2H3. The Morgan fingerprint density at radius 2 is 2.14 bits per heavy atom. The van der Waals surface area contributed by atoms with Gasteiger partial charge < -0.3 is 14.2 Å². The first-order valence-electron chi connectivity index (χ1n) is 8.10. The second-order valence-corrected chi connectivity index (χ2v) is 6.12. The average molecular weight is 291 g/mol. The van der Waals surface area contributed by atoms with Gasteiger partial charge in [-0.1, -0.05) is 6.92 Å². The quantitative estimate of drug-likeness (QED) is 0.801. The van der Waals surface area contributed by atoms with Gasteiger partial charge in [0.05, 0.1) is 7.11 Å². The number of rotatable bonds is 3. The summed E-state index contributed by atoms with van der Waals surface area (Å²) < 4.78 is 7.18. The SMILES string of the molecule is CCN1CCC(c2ncc3n2C(C(=O)OC)CCC3)CC1. The number of hydrogen-bond donors (Lipinski definition) is 0. The number of aryl methyl sites for hydroxylation is 1. The van der Waals surface area contributed by atoms with Gasteiger partial charge in [-0.2, -0.15) is 0 Å². The zero-order chi connectivity index (χ0) is 14.8. The van der Waals surface area contributed by atoms with Crippen LogP contribution in [0.2, 0.25) is 0 Å². The van der Waals surface area contributed by atoms with Crippen LogP contribution in [0.25, 0.3) is 0 Å². The van der Waals surface area contributed by atoms with E-state index < -0.39 is 0 Å². The van der Waals surface area contributed by atoms with E-state index in [1.54, 1.807) is 0 Å². The minimum Gasteiger partial charge on any atom is -0.467 e. The summed E-state index contributed by atoms with van der Waals surface area (Å²) in [7, 11) is 1.48. The third-order valence-electron chi connectivity index (χ3n) is 5.00. The number of imidazole rings is 1. The van der Waals surface area contributed by atoms with Gasteiger partial charge in [-0.25, -0.2) is 9.78 Å². The number of carbonyl (C=O) groups is 1. The molecule has 1 aromatic rings. The second kappa shape index (κ2) is 6.18. The molecule has 0 saturated carbocycles. The van der Waals surface area contributed by atoms with Crippen LogP contribution < -0.4 is 0 Å². The van der Waals surface area contributed by atoms with Crippen molar-refractivity contribution in [1.82, 2.24) is 14.5 Å². The van der Waals surface area contributed by atoms with Crippen LogP contribution in [-0.4, -0.2) is 47.2 Å². The minimum atomic E-state index is -0.166. The van der Waals surface area contributed by atoms with Crippen molar-refractivity contribution in [2.75, 3.05) is 26.7 Å². The summed E-state index contributed by atoms with van der Waals surface area (Å²) in [4.78, 5) is 19.2. The molecule has 3 heterocycles. The number of piperidine rings is 1. The van der Waals surface area contributed by atoms with Gasteiger partial charge in [-0.05, 0) is 51.7 Å². The molecule has 0 aromatic carbocycles. The lowest BCUT2D eigenvalue weighted by Crippen LogP contribution is -2.35. The number of likely N-dealkylation sites (tertiary alicyclic amines) is 1. The highest BCUT2D eigenvalue weighted by molar-refractivity contribution is 5.74. The van der Waals surface area contributed by atoms with E-state index in [0.717, 1.165) is 57.6 Å². The topological polar surface area (TPSA) is 47.4 Å². The van der Waals surface area contributed by atoms with Gasteiger partial charge in [0.2, 0.25) is 0 Å². The normalized spacial score (nSPS) is 23.8. The summed E-state index contributed by atoms with van der Waals surface area (Å²) >= 11 is 0. The molecule has 3 rings (SSSR count). The number of esters is 1. The van der Waals surface area contributed by atoms with Crippen LogP contribution in [0.5, 0.6) is 0 Å². The molecule has 0 N–H and O–H groups in total. The molecule has 1 fully saturated rings. The van der Waals surface area contributed by atoms with Gasteiger partial charge in [-0.15, -0.1) is 0 Å². The van der Waals surface area contributed by atoms with Crippen molar-refractivity contribution in [3.63, 3.8) is 0 Å². The molecule has 0 radical (unpaired) electrons. The Morgan fingerprint density at radius 1 is 1.38 bits per heavy atom. The number of nitrogens with zero attached hydrogens (tertiary/aromatic N) is 3. The van der Waals surface area contributed by atoms with Crippen LogP contribution in [-0.2, 0) is 16.0 Å². The van der Waals surface area contributed by atoms with Gasteiger partial charge in [-0.3, -0.25) is 0 Å². The summed E-state index contributed by atoms with van der Waals surface area (Å²) in [6, 6.07) is -0.166. The second-order valence-electron chi connectivity index (χ2n) is 6.12. The fraction of sp³-hybridized carbons (Fsp3) is 0.750. The van der Waals surface area contributed by atoms with E-state index in [9.17, 15) is 4.79 Å². The Kier molecular flexibility index (Phi) is 4.29. The van der Waals surface area contributed by atoms with E-state index in [0.29, 0.717) is 5.92 Å². The highest BCUT2D eigenvalue weighted by Gasteiger charge is 2.33. The first-order valence-corrected chi connectivity index (χ1v) is 8.10. The van der Waals surface area contributed by atoms with Gasteiger partial charge in [0, 0.05) is 17.8 Å². The van der Waals surface area contributed by atoms with Gasteiger partial charge >= 0.3 is 5.97 Å². The monoisotopic (exact) mass is 291 g/mol. The van der Waals surface area contributed by atoms with Crippen molar-refractivity contribution >= 4 is 5.97 Å². The third-order valence-corrected chi connectivity index (χ3v) is 5.00. The maximum atomic E-state index is 12.1. The van der Waals surface area contributed by atoms with Crippen LogP contribution in [0, 0.1) is 0 Å². The Bertz CT molecular complexity index is 504. The summed E-state index contributed by atoms with van der Waals surface area (Å²) in [5.41, 5.74) is 1.20. The molecule has 21 heavy (non-hydrogen) atoms. The van der Waals surface area contributed by atoms with E-state index in [2.05, 4.69) is 21.4 Å². The molecule has 2 aliphatic rings. The molecular formula is C16H25N3O2. The van der Waals surface area contributed by atoms with Gasteiger partial charge in [0.15, 0.2) is 0 Å². The van der Waals surface area contributed by atoms with Crippen molar-refractivity contribution in [1.29, 1.82) is 0 Å². The maximum absolute atomic E-state index is 12.1. The van der Waals surface area contributed by atoms with Crippen LogP contribution in [0.15, 0.2) is 6.20 Å². The zero-order valence-electron chi connectivity index (χ0n) is 13.0. The molecule has 2 aliphatic heterocycles. The number of aromatic nitrogens is 2. The molecule has 0 bridgehead atoms. The Morgan fingerprint density at radius 3 is 2.81 bits per heavy atom. The molecular weight excluding hydrogens is 266 g/mol. The first kappa shape index (κ1) is 14.6. The summed E-state index contributed by atoms with van der Waals surface area (Å²) in [6.45, 7) is 5.60. The third kappa shape index (κ3) is 2.71. The average Bonchev–Trinajstić information content (AvgIpc) is 2.98. The van der Waals surface area contributed by atoms with Gasteiger partial charge in [0.25, 0.3) is 0 Å². The number of methoxy groups -OCH3 is 1.